The lowest BCUT2D eigenvalue weighted by atomic mass is 10.2. The minimum atomic E-state index is 0.499. The van der Waals surface area contributed by atoms with Gasteiger partial charge in [-0.15, -0.1) is 23.5 Å². The second kappa shape index (κ2) is 4.90. The largest absolute Gasteiger partial charge is 0.378 e. The summed E-state index contributed by atoms with van der Waals surface area (Å²) in [5.41, 5.74) is 2.65. The molecule has 0 saturated carbocycles. The van der Waals surface area contributed by atoms with Crippen LogP contribution in [0.15, 0.2) is 58.3 Å². The van der Waals surface area contributed by atoms with Gasteiger partial charge in [-0.1, -0.05) is 24.3 Å². The summed E-state index contributed by atoms with van der Waals surface area (Å²) in [5.74, 6) is 0. The Labute approximate surface area is 117 Å². The maximum atomic E-state index is 2.24. The van der Waals surface area contributed by atoms with Gasteiger partial charge in [-0.2, -0.15) is 0 Å². The number of thioether (sulfide) groups is 2. The van der Waals surface area contributed by atoms with Gasteiger partial charge in [0.15, 0.2) is 0 Å². The average Bonchev–Trinajstić information content (AvgIpc) is 2.82. The van der Waals surface area contributed by atoms with Gasteiger partial charge in [0.25, 0.3) is 0 Å². The second-order valence-corrected chi connectivity index (χ2v) is 7.09. The molecule has 0 saturated heterocycles. The van der Waals surface area contributed by atoms with E-state index in [-0.39, 0.29) is 0 Å². The van der Waals surface area contributed by atoms with Crippen molar-refractivity contribution in [3.8, 4) is 0 Å². The van der Waals surface area contributed by atoms with Crippen molar-refractivity contribution in [3.63, 3.8) is 0 Å². The Morgan fingerprint density at radius 3 is 1.89 bits per heavy atom. The van der Waals surface area contributed by atoms with Crippen LogP contribution in [0.25, 0.3) is 0 Å². The monoisotopic (exact) mass is 273 g/mol. The van der Waals surface area contributed by atoms with Crippen molar-refractivity contribution in [1.82, 2.24) is 0 Å². The minimum Gasteiger partial charge on any atom is -0.378 e. The topological polar surface area (TPSA) is 3.24 Å². The first kappa shape index (κ1) is 12.0. The van der Waals surface area contributed by atoms with Crippen molar-refractivity contribution in [2.45, 2.75) is 14.4 Å². The Morgan fingerprint density at radius 1 is 0.833 bits per heavy atom. The molecule has 1 aliphatic rings. The van der Waals surface area contributed by atoms with Crippen LogP contribution >= 0.6 is 23.5 Å². The van der Waals surface area contributed by atoms with Gasteiger partial charge in [0.1, 0.15) is 0 Å². The fourth-order valence-corrected chi connectivity index (χ4v) is 4.80. The molecule has 0 atom stereocenters. The highest BCUT2D eigenvalue weighted by atomic mass is 32.2. The first-order valence-corrected chi connectivity index (χ1v) is 7.69. The smallest absolute Gasteiger partial charge is 0.0846 e. The quantitative estimate of drug-likeness (QED) is 0.784. The normalized spacial score (nSPS) is 14.6. The van der Waals surface area contributed by atoms with Crippen molar-refractivity contribution < 1.29 is 0 Å². The van der Waals surface area contributed by atoms with E-state index in [4.69, 9.17) is 0 Å². The fraction of sp³-hybridized carbons (Fsp3) is 0.200. The van der Waals surface area contributed by atoms with Crippen LogP contribution in [0.4, 0.5) is 5.69 Å². The van der Waals surface area contributed by atoms with Crippen LogP contribution in [0.3, 0.4) is 0 Å². The van der Waals surface area contributed by atoms with Crippen molar-refractivity contribution in [3.05, 3.63) is 54.1 Å². The standard InChI is InChI=1S/C15H15NS2/c1-16(2)12-9-7-11(8-10-12)15-17-13-5-3-4-6-14(13)18-15/h3-10,15H,1-2H3. The van der Waals surface area contributed by atoms with Gasteiger partial charge < -0.3 is 4.90 Å². The average molecular weight is 273 g/mol. The molecular formula is C15H15NS2. The highest BCUT2D eigenvalue weighted by molar-refractivity contribution is 8.18. The number of hydrogen-bond acceptors (Lipinski definition) is 3. The number of benzene rings is 2. The summed E-state index contributed by atoms with van der Waals surface area (Å²) in [5, 5.41) is 0. The molecule has 0 radical (unpaired) electrons. The number of hydrogen-bond donors (Lipinski definition) is 0. The number of rotatable bonds is 2. The van der Waals surface area contributed by atoms with Crippen LogP contribution in [0.2, 0.25) is 0 Å². The van der Waals surface area contributed by atoms with Gasteiger partial charge in [-0.3, -0.25) is 0 Å². The van der Waals surface area contributed by atoms with Gasteiger partial charge in [0, 0.05) is 29.6 Å². The van der Waals surface area contributed by atoms with Gasteiger partial charge in [0.2, 0.25) is 0 Å². The summed E-state index contributed by atoms with van der Waals surface area (Å²) < 4.78 is 0.499. The van der Waals surface area contributed by atoms with Crippen molar-refractivity contribution >= 4 is 29.2 Å². The number of nitrogens with zero attached hydrogens (tertiary/aromatic N) is 1. The van der Waals surface area contributed by atoms with E-state index in [0.717, 1.165) is 0 Å². The molecule has 0 bridgehead atoms. The van der Waals surface area contributed by atoms with E-state index in [2.05, 4.69) is 67.5 Å². The molecule has 0 unspecified atom stereocenters. The summed E-state index contributed by atoms with van der Waals surface area (Å²) in [6, 6.07) is 17.5. The highest BCUT2D eigenvalue weighted by Gasteiger charge is 2.23. The molecule has 1 heterocycles. The molecule has 92 valence electrons. The van der Waals surface area contributed by atoms with E-state index in [1.807, 2.05) is 23.5 Å². The summed E-state index contributed by atoms with van der Waals surface area (Å²) in [4.78, 5) is 4.95. The molecule has 0 fully saturated rings. The first-order chi connectivity index (χ1) is 8.74. The molecule has 2 aromatic carbocycles. The molecule has 0 N–H and O–H groups in total. The summed E-state index contributed by atoms with van der Waals surface area (Å²) in [6.07, 6.45) is 0. The van der Waals surface area contributed by atoms with Gasteiger partial charge >= 0.3 is 0 Å². The Morgan fingerprint density at radius 2 is 1.39 bits per heavy atom. The van der Waals surface area contributed by atoms with Crippen molar-refractivity contribution in [1.29, 1.82) is 0 Å². The van der Waals surface area contributed by atoms with Crippen molar-refractivity contribution in [2.75, 3.05) is 19.0 Å². The fourth-order valence-electron chi connectivity index (χ4n) is 1.97. The van der Waals surface area contributed by atoms with E-state index >= 15 is 0 Å². The number of fused-ring (bicyclic) bond motifs is 1. The predicted molar refractivity (Wildman–Crippen MR) is 81.7 cm³/mol. The SMILES string of the molecule is CN(C)c1ccc(C2Sc3ccccc3S2)cc1. The van der Waals surface area contributed by atoms with Crippen LogP contribution in [0.1, 0.15) is 10.1 Å². The van der Waals surface area contributed by atoms with Crippen molar-refractivity contribution in [2.24, 2.45) is 0 Å². The molecule has 0 aromatic heterocycles. The van der Waals surface area contributed by atoms with E-state index < -0.39 is 0 Å². The first-order valence-electron chi connectivity index (χ1n) is 5.94. The molecule has 2 aromatic rings. The predicted octanol–water partition coefficient (Wildman–Crippen LogP) is 4.65. The molecule has 3 rings (SSSR count). The lowest BCUT2D eigenvalue weighted by Gasteiger charge is -2.14. The Bertz CT molecular complexity index is 524. The van der Waals surface area contributed by atoms with E-state index in [1.54, 1.807) is 0 Å². The molecule has 0 amide bonds. The zero-order valence-electron chi connectivity index (χ0n) is 10.5. The summed E-state index contributed by atoms with van der Waals surface area (Å²) >= 11 is 3.91. The second-order valence-electron chi connectivity index (χ2n) is 4.50. The van der Waals surface area contributed by atoms with Crippen LogP contribution in [0.5, 0.6) is 0 Å². The molecule has 18 heavy (non-hydrogen) atoms. The molecule has 0 spiro atoms. The maximum absolute atomic E-state index is 2.24. The van der Waals surface area contributed by atoms with Crippen LogP contribution in [-0.4, -0.2) is 14.1 Å². The number of anilines is 1. The minimum absolute atomic E-state index is 0.499. The third-order valence-corrected chi connectivity index (χ3v) is 5.90. The Kier molecular flexibility index (Phi) is 3.27. The highest BCUT2D eigenvalue weighted by Crippen LogP contribution is 2.56. The van der Waals surface area contributed by atoms with Gasteiger partial charge in [-0.25, -0.2) is 0 Å². The zero-order chi connectivity index (χ0) is 12.5. The third-order valence-electron chi connectivity index (χ3n) is 3.00. The van der Waals surface area contributed by atoms with E-state index in [9.17, 15) is 0 Å². The molecule has 1 nitrogen and oxygen atoms in total. The zero-order valence-corrected chi connectivity index (χ0v) is 12.1. The summed E-state index contributed by atoms with van der Waals surface area (Å²) in [6.45, 7) is 0. The molecular weight excluding hydrogens is 258 g/mol. The Balaban J connectivity index is 1.82. The molecule has 3 heteroatoms. The maximum Gasteiger partial charge on any atom is 0.0846 e. The van der Waals surface area contributed by atoms with Crippen LogP contribution in [0, 0.1) is 0 Å². The molecule has 0 aliphatic carbocycles. The Hall–Kier alpha value is -1.06. The van der Waals surface area contributed by atoms with E-state index in [0.29, 0.717) is 4.58 Å². The third kappa shape index (κ3) is 2.25. The lowest BCUT2D eigenvalue weighted by Crippen LogP contribution is -2.08. The summed E-state index contributed by atoms with van der Waals surface area (Å²) in [7, 11) is 4.15. The van der Waals surface area contributed by atoms with Crippen LogP contribution in [-0.2, 0) is 0 Å². The lowest BCUT2D eigenvalue weighted by molar-refractivity contribution is 1.13. The van der Waals surface area contributed by atoms with E-state index in [1.165, 1.54) is 21.0 Å². The van der Waals surface area contributed by atoms with Gasteiger partial charge in [0.05, 0.1) is 4.58 Å². The molecule has 1 aliphatic heterocycles. The van der Waals surface area contributed by atoms with Gasteiger partial charge in [-0.05, 0) is 29.8 Å². The van der Waals surface area contributed by atoms with Crippen LogP contribution < -0.4 is 4.90 Å².